The molecular formula is C11H9ClF2N2. The minimum atomic E-state index is -2.66. The van der Waals surface area contributed by atoms with E-state index >= 15 is 0 Å². The topological polar surface area (TPSA) is 17.8 Å². The van der Waals surface area contributed by atoms with Crippen LogP contribution in [0.2, 0.25) is 0 Å². The standard InChI is InChI=1S/C11H9ClF2N2/c12-7-9-6-10(15-16(9)11(13)14)8-4-2-1-3-5-8/h1-6,11H,7H2. The maximum Gasteiger partial charge on any atom is 0.333 e. The van der Waals surface area contributed by atoms with Crippen molar-refractivity contribution in [3.05, 3.63) is 42.1 Å². The molecule has 0 bridgehead atoms. The summed E-state index contributed by atoms with van der Waals surface area (Å²) in [4.78, 5) is 0. The summed E-state index contributed by atoms with van der Waals surface area (Å²) in [5.74, 6) is 0.0180. The summed E-state index contributed by atoms with van der Waals surface area (Å²) >= 11 is 5.58. The molecule has 0 aliphatic rings. The molecule has 0 fully saturated rings. The summed E-state index contributed by atoms with van der Waals surface area (Å²) in [6.07, 6.45) is 0. The van der Waals surface area contributed by atoms with Gasteiger partial charge in [-0.05, 0) is 6.07 Å². The first-order chi connectivity index (χ1) is 7.72. The minimum absolute atomic E-state index is 0.0180. The zero-order valence-electron chi connectivity index (χ0n) is 8.28. The SMILES string of the molecule is FC(F)n1nc(-c2ccccc2)cc1CCl. The number of aromatic nitrogens is 2. The van der Waals surface area contributed by atoms with Crippen LogP contribution in [0, 0.1) is 0 Å². The summed E-state index contributed by atoms with van der Waals surface area (Å²) in [6, 6.07) is 10.7. The van der Waals surface area contributed by atoms with Crippen molar-refractivity contribution >= 4 is 11.6 Å². The molecule has 0 atom stereocenters. The lowest BCUT2D eigenvalue weighted by Gasteiger charge is -2.01. The molecule has 84 valence electrons. The third-order valence-electron chi connectivity index (χ3n) is 2.20. The predicted octanol–water partition coefficient (Wildman–Crippen LogP) is 3.68. The van der Waals surface area contributed by atoms with Crippen molar-refractivity contribution in [1.82, 2.24) is 9.78 Å². The van der Waals surface area contributed by atoms with Crippen molar-refractivity contribution in [2.24, 2.45) is 0 Å². The van der Waals surface area contributed by atoms with E-state index in [1.807, 2.05) is 30.3 Å². The Labute approximate surface area is 96.5 Å². The molecule has 0 saturated carbocycles. The number of hydrogen-bond donors (Lipinski definition) is 0. The highest BCUT2D eigenvalue weighted by atomic mass is 35.5. The molecule has 0 aliphatic heterocycles. The van der Waals surface area contributed by atoms with Gasteiger partial charge in [0.15, 0.2) is 0 Å². The Kier molecular flexibility index (Phi) is 3.19. The van der Waals surface area contributed by atoms with Crippen LogP contribution in [-0.2, 0) is 5.88 Å². The fraction of sp³-hybridized carbons (Fsp3) is 0.182. The number of rotatable bonds is 3. The van der Waals surface area contributed by atoms with E-state index in [9.17, 15) is 8.78 Å². The van der Waals surface area contributed by atoms with Gasteiger partial charge in [0, 0.05) is 5.56 Å². The van der Waals surface area contributed by atoms with E-state index in [4.69, 9.17) is 11.6 Å². The molecule has 1 heterocycles. The van der Waals surface area contributed by atoms with Crippen molar-refractivity contribution in [1.29, 1.82) is 0 Å². The van der Waals surface area contributed by atoms with E-state index < -0.39 is 6.55 Å². The third kappa shape index (κ3) is 2.07. The van der Waals surface area contributed by atoms with E-state index in [1.54, 1.807) is 6.07 Å². The zero-order valence-corrected chi connectivity index (χ0v) is 9.03. The van der Waals surface area contributed by atoms with Gasteiger partial charge in [0.2, 0.25) is 0 Å². The van der Waals surface area contributed by atoms with E-state index in [2.05, 4.69) is 5.10 Å². The van der Waals surface area contributed by atoms with E-state index in [1.165, 1.54) is 0 Å². The Morgan fingerprint density at radius 2 is 1.94 bits per heavy atom. The maximum absolute atomic E-state index is 12.6. The summed E-state index contributed by atoms with van der Waals surface area (Å²) in [5.41, 5.74) is 1.63. The van der Waals surface area contributed by atoms with Crippen LogP contribution in [0.3, 0.4) is 0 Å². The van der Waals surface area contributed by atoms with Gasteiger partial charge in [-0.3, -0.25) is 0 Å². The predicted molar refractivity (Wildman–Crippen MR) is 58.5 cm³/mol. The molecule has 0 N–H and O–H groups in total. The van der Waals surface area contributed by atoms with Crippen molar-refractivity contribution in [2.75, 3.05) is 0 Å². The summed E-state index contributed by atoms with van der Waals surface area (Å²) in [5, 5.41) is 3.83. The van der Waals surface area contributed by atoms with Crippen molar-refractivity contribution in [2.45, 2.75) is 12.4 Å². The third-order valence-corrected chi connectivity index (χ3v) is 2.48. The van der Waals surface area contributed by atoms with Crippen molar-refractivity contribution < 1.29 is 8.78 Å². The zero-order chi connectivity index (χ0) is 11.5. The highest BCUT2D eigenvalue weighted by Gasteiger charge is 2.14. The molecule has 2 aromatic rings. The van der Waals surface area contributed by atoms with Crippen LogP contribution < -0.4 is 0 Å². The van der Waals surface area contributed by atoms with Crippen LogP contribution >= 0.6 is 11.6 Å². The monoisotopic (exact) mass is 242 g/mol. The Hall–Kier alpha value is -1.42. The normalized spacial score (nSPS) is 11.0. The van der Waals surface area contributed by atoms with Crippen LogP contribution in [0.25, 0.3) is 11.3 Å². The lowest BCUT2D eigenvalue weighted by atomic mass is 10.1. The van der Waals surface area contributed by atoms with Crippen molar-refractivity contribution in [3.63, 3.8) is 0 Å². The molecule has 2 rings (SSSR count). The van der Waals surface area contributed by atoms with Crippen LogP contribution in [-0.4, -0.2) is 9.78 Å². The average Bonchev–Trinajstić information content (AvgIpc) is 2.74. The molecule has 0 saturated heterocycles. The van der Waals surface area contributed by atoms with E-state index in [0.29, 0.717) is 16.1 Å². The maximum atomic E-state index is 12.6. The Morgan fingerprint density at radius 3 is 2.44 bits per heavy atom. The molecular weight excluding hydrogens is 234 g/mol. The van der Waals surface area contributed by atoms with Crippen LogP contribution in [0.15, 0.2) is 36.4 Å². The summed E-state index contributed by atoms with van der Waals surface area (Å²) < 4.78 is 25.8. The number of alkyl halides is 3. The molecule has 0 aliphatic carbocycles. The molecule has 16 heavy (non-hydrogen) atoms. The van der Waals surface area contributed by atoms with E-state index in [-0.39, 0.29) is 5.88 Å². The van der Waals surface area contributed by atoms with Gasteiger partial charge in [0.25, 0.3) is 0 Å². The molecule has 0 unspecified atom stereocenters. The first kappa shape index (κ1) is 11.1. The van der Waals surface area contributed by atoms with Gasteiger partial charge in [-0.2, -0.15) is 13.9 Å². The fourth-order valence-electron chi connectivity index (χ4n) is 1.45. The second-order valence-electron chi connectivity index (χ2n) is 3.24. The number of hydrogen-bond acceptors (Lipinski definition) is 1. The Balaban J connectivity index is 2.44. The highest BCUT2D eigenvalue weighted by molar-refractivity contribution is 6.16. The van der Waals surface area contributed by atoms with Gasteiger partial charge >= 0.3 is 6.55 Å². The molecule has 1 aromatic carbocycles. The van der Waals surface area contributed by atoms with Crippen LogP contribution in [0.1, 0.15) is 12.2 Å². The molecule has 2 nitrogen and oxygen atoms in total. The molecule has 0 radical (unpaired) electrons. The molecule has 0 amide bonds. The molecule has 5 heteroatoms. The Bertz CT molecular complexity index is 468. The van der Waals surface area contributed by atoms with Gasteiger partial charge in [-0.25, -0.2) is 4.68 Å². The number of benzene rings is 1. The van der Waals surface area contributed by atoms with Crippen LogP contribution in [0.4, 0.5) is 8.78 Å². The molecule has 1 aromatic heterocycles. The quantitative estimate of drug-likeness (QED) is 0.751. The summed E-state index contributed by atoms with van der Waals surface area (Å²) in [6.45, 7) is -2.66. The Morgan fingerprint density at radius 1 is 1.25 bits per heavy atom. The smallest absolute Gasteiger partial charge is 0.207 e. The number of halogens is 3. The van der Waals surface area contributed by atoms with Crippen molar-refractivity contribution in [3.8, 4) is 11.3 Å². The second kappa shape index (κ2) is 4.61. The van der Waals surface area contributed by atoms with E-state index in [0.717, 1.165) is 5.56 Å². The minimum Gasteiger partial charge on any atom is -0.207 e. The highest BCUT2D eigenvalue weighted by Crippen LogP contribution is 2.23. The van der Waals surface area contributed by atoms with Gasteiger partial charge < -0.3 is 0 Å². The van der Waals surface area contributed by atoms with Gasteiger partial charge in [0.1, 0.15) is 0 Å². The largest absolute Gasteiger partial charge is 0.333 e. The second-order valence-corrected chi connectivity index (χ2v) is 3.51. The summed E-state index contributed by atoms with van der Waals surface area (Å²) in [7, 11) is 0. The first-order valence-corrected chi connectivity index (χ1v) is 5.24. The number of nitrogens with zero attached hydrogens (tertiary/aromatic N) is 2. The van der Waals surface area contributed by atoms with Gasteiger partial charge in [-0.1, -0.05) is 30.3 Å². The lowest BCUT2D eigenvalue weighted by molar-refractivity contribution is 0.0544. The van der Waals surface area contributed by atoms with Gasteiger partial charge in [0.05, 0.1) is 17.3 Å². The van der Waals surface area contributed by atoms with Crippen LogP contribution in [0.5, 0.6) is 0 Å². The van der Waals surface area contributed by atoms with Gasteiger partial charge in [-0.15, -0.1) is 11.6 Å². The fourth-order valence-corrected chi connectivity index (χ4v) is 1.65. The average molecular weight is 243 g/mol. The molecule has 0 spiro atoms. The lowest BCUT2D eigenvalue weighted by Crippen LogP contribution is -2.03. The first-order valence-electron chi connectivity index (χ1n) is 4.70.